The number of alkyl halides is 3. The molecule has 156 valence electrons. The van der Waals surface area contributed by atoms with E-state index in [2.05, 4.69) is 0 Å². The molecular formula is C18H15Cl2F3N2O3S. The molecule has 0 saturated carbocycles. The number of rotatable bonds is 3. The normalized spacial score (nSPS) is 16.1. The average Bonchev–Trinajstić information content (AvgIpc) is 2.66. The molecule has 1 amide bonds. The fourth-order valence-corrected chi connectivity index (χ4v) is 5.49. The number of piperazine rings is 1. The zero-order valence-corrected chi connectivity index (χ0v) is 17.1. The molecule has 3 rings (SSSR count). The number of benzene rings is 2. The van der Waals surface area contributed by atoms with E-state index in [0.29, 0.717) is 0 Å². The van der Waals surface area contributed by atoms with Crippen LogP contribution in [0.1, 0.15) is 15.9 Å². The zero-order valence-electron chi connectivity index (χ0n) is 14.8. The molecule has 2 aromatic carbocycles. The molecule has 11 heteroatoms. The van der Waals surface area contributed by atoms with E-state index in [1.807, 2.05) is 0 Å². The van der Waals surface area contributed by atoms with Gasteiger partial charge >= 0.3 is 6.18 Å². The molecule has 1 saturated heterocycles. The molecule has 0 atom stereocenters. The van der Waals surface area contributed by atoms with Crippen LogP contribution in [0.5, 0.6) is 0 Å². The molecule has 0 aromatic heterocycles. The van der Waals surface area contributed by atoms with Gasteiger partial charge in [0.15, 0.2) is 0 Å². The third-order valence-electron chi connectivity index (χ3n) is 4.50. The van der Waals surface area contributed by atoms with Crippen LogP contribution in [0.15, 0.2) is 47.4 Å². The first-order valence-corrected chi connectivity index (χ1v) is 10.6. The van der Waals surface area contributed by atoms with Crippen molar-refractivity contribution in [1.29, 1.82) is 0 Å². The van der Waals surface area contributed by atoms with Gasteiger partial charge in [-0.15, -0.1) is 0 Å². The molecule has 0 radical (unpaired) electrons. The Kier molecular flexibility index (Phi) is 6.14. The second-order valence-corrected chi connectivity index (χ2v) is 9.01. The maximum absolute atomic E-state index is 12.9. The lowest BCUT2D eigenvalue weighted by atomic mass is 10.1. The van der Waals surface area contributed by atoms with Gasteiger partial charge in [-0.25, -0.2) is 8.42 Å². The van der Waals surface area contributed by atoms with Gasteiger partial charge in [0, 0.05) is 31.7 Å². The highest BCUT2D eigenvalue weighted by atomic mass is 35.5. The number of carbonyl (C=O) groups is 1. The van der Waals surface area contributed by atoms with Gasteiger partial charge in [0.05, 0.1) is 15.6 Å². The summed E-state index contributed by atoms with van der Waals surface area (Å²) in [6, 6.07) is 8.27. The van der Waals surface area contributed by atoms with Crippen molar-refractivity contribution in [2.75, 3.05) is 26.2 Å². The molecule has 0 aliphatic carbocycles. The van der Waals surface area contributed by atoms with Crippen molar-refractivity contribution in [2.45, 2.75) is 11.1 Å². The molecular weight excluding hydrogens is 452 g/mol. The molecule has 0 spiro atoms. The van der Waals surface area contributed by atoms with Crippen LogP contribution in [0.4, 0.5) is 13.2 Å². The Labute approximate surface area is 175 Å². The summed E-state index contributed by atoms with van der Waals surface area (Å²) in [5.74, 6) is -0.466. The van der Waals surface area contributed by atoms with E-state index < -0.39 is 27.7 Å². The molecule has 5 nitrogen and oxygen atoms in total. The Hall–Kier alpha value is -1.81. The van der Waals surface area contributed by atoms with Crippen molar-refractivity contribution < 1.29 is 26.4 Å². The van der Waals surface area contributed by atoms with Crippen molar-refractivity contribution in [3.8, 4) is 0 Å². The number of halogens is 5. The fraction of sp³-hybridized carbons (Fsp3) is 0.278. The lowest BCUT2D eigenvalue weighted by Crippen LogP contribution is -2.50. The molecule has 0 bridgehead atoms. The monoisotopic (exact) mass is 466 g/mol. The molecule has 1 aliphatic rings. The lowest BCUT2D eigenvalue weighted by molar-refractivity contribution is -0.137. The van der Waals surface area contributed by atoms with E-state index in [9.17, 15) is 26.4 Å². The van der Waals surface area contributed by atoms with Crippen LogP contribution < -0.4 is 0 Å². The first-order chi connectivity index (χ1) is 13.5. The average molecular weight is 467 g/mol. The summed E-state index contributed by atoms with van der Waals surface area (Å²) in [7, 11) is -3.95. The van der Waals surface area contributed by atoms with E-state index in [1.165, 1.54) is 27.4 Å². The van der Waals surface area contributed by atoms with Gasteiger partial charge in [-0.2, -0.15) is 17.5 Å². The summed E-state index contributed by atoms with van der Waals surface area (Å²) in [6.45, 7) is 0.189. The van der Waals surface area contributed by atoms with Crippen LogP contribution in [0, 0.1) is 0 Å². The summed E-state index contributed by atoms with van der Waals surface area (Å²) < 4.78 is 64.8. The van der Waals surface area contributed by atoms with Crippen LogP contribution in [-0.2, 0) is 16.2 Å². The first kappa shape index (κ1) is 21.9. The first-order valence-electron chi connectivity index (χ1n) is 8.42. The number of carbonyl (C=O) groups excluding carboxylic acids is 1. The van der Waals surface area contributed by atoms with Gasteiger partial charge < -0.3 is 4.90 Å². The molecule has 29 heavy (non-hydrogen) atoms. The van der Waals surface area contributed by atoms with E-state index in [0.717, 1.165) is 24.3 Å². The van der Waals surface area contributed by atoms with Gasteiger partial charge in [0.2, 0.25) is 10.0 Å². The predicted molar refractivity (Wildman–Crippen MR) is 103 cm³/mol. The van der Waals surface area contributed by atoms with Crippen molar-refractivity contribution in [3.05, 3.63) is 63.6 Å². The molecule has 1 aliphatic heterocycles. The molecule has 2 aromatic rings. The Balaban J connectivity index is 1.71. The van der Waals surface area contributed by atoms with Crippen LogP contribution in [0.25, 0.3) is 0 Å². The zero-order chi connectivity index (χ0) is 21.4. The number of hydrogen-bond acceptors (Lipinski definition) is 3. The largest absolute Gasteiger partial charge is 0.416 e. The minimum Gasteiger partial charge on any atom is -0.336 e. The Morgan fingerprint density at radius 1 is 0.897 bits per heavy atom. The summed E-state index contributed by atoms with van der Waals surface area (Å²) in [4.78, 5) is 13.7. The van der Waals surface area contributed by atoms with E-state index >= 15 is 0 Å². The van der Waals surface area contributed by atoms with Crippen molar-refractivity contribution in [2.24, 2.45) is 0 Å². The minimum absolute atomic E-state index is 0.000704. The quantitative estimate of drug-likeness (QED) is 0.682. The molecule has 0 unspecified atom stereocenters. The second kappa shape index (κ2) is 8.14. The molecule has 0 N–H and O–H groups in total. The van der Waals surface area contributed by atoms with Crippen LogP contribution in [0.3, 0.4) is 0 Å². The maximum atomic E-state index is 12.9. The van der Waals surface area contributed by atoms with Crippen molar-refractivity contribution in [3.63, 3.8) is 0 Å². The smallest absolute Gasteiger partial charge is 0.336 e. The second-order valence-electron chi connectivity index (χ2n) is 6.32. The number of nitrogens with zero attached hydrogens (tertiary/aromatic N) is 2. The van der Waals surface area contributed by atoms with Crippen molar-refractivity contribution in [1.82, 2.24) is 9.21 Å². The lowest BCUT2D eigenvalue weighted by Gasteiger charge is -2.34. The standard InChI is InChI=1S/C18H15Cl2F3N2O3S/c19-14-2-1-3-15(20)16(14)29(27,28)25-10-8-24(9-11-25)17(26)12-4-6-13(7-5-12)18(21,22)23/h1-7H,8-11H2. The van der Waals surface area contributed by atoms with Gasteiger partial charge in [-0.05, 0) is 36.4 Å². The Morgan fingerprint density at radius 2 is 1.41 bits per heavy atom. The molecule has 1 heterocycles. The minimum atomic E-state index is -4.48. The third-order valence-corrected chi connectivity index (χ3v) is 7.36. The summed E-state index contributed by atoms with van der Waals surface area (Å²) >= 11 is 12.0. The van der Waals surface area contributed by atoms with E-state index in [1.54, 1.807) is 0 Å². The van der Waals surface area contributed by atoms with Gasteiger partial charge in [-0.1, -0.05) is 29.3 Å². The van der Waals surface area contributed by atoms with Crippen molar-refractivity contribution >= 4 is 39.1 Å². The number of amides is 1. The topological polar surface area (TPSA) is 57.7 Å². The third kappa shape index (κ3) is 4.53. The summed E-state index contributed by atoms with van der Waals surface area (Å²) in [5, 5.41) is 0.00141. The highest BCUT2D eigenvalue weighted by Crippen LogP contribution is 2.32. The number of sulfonamides is 1. The number of hydrogen-bond donors (Lipinski definition) is 0. The highest BCUT2D eigenvalue weighted by Gasteiger charge is 2.34. The SMILES string of the molecule is O=C(c1ccc(C(F)(F)F)cc1)N1CCN(S(=O)(=O)c2c(Cl)cccc2Cl)CC1. The Morgan fingerprint density at radius 3 is 1.90 bits per heavy atom. The molecule has 1 fully saturated rings. The van der Waals surface area contributed by atoms with Crippen LogP contribution in [0.2, 0.25) is 10.0 Å². The van der Waals surface area contributed by atoms with E-state index in [4.69, 9.17) is 23.2 Å². The summed E-state index contributed by atoms with van der Waals surface area (Å²) in [5.41, 5.74) is -0.745. The van der Waals surface area contributed by atoms with Crippen LogP contribution in [-0.4, -0.2) is 49.7 Å². The maximum Gasteiger partial charge on any atom is 0.416 e. The van der Waals surface area contributed by atoms with E-state index in [-0.39, 0.29) is 46.7 Å². The predicted octanol–water partition coefficient (Wildman–Crippen LogP) is 4.16. The van der Waals surface area contributed by atoms with Gasteiger partial charge in [-0.3, -0.25) is 4.79 Å². The van der Waals surface area contributed by atoms with Crippen LogP contribution >= 0.6 is 23.2 Å². The Bertz CT molecular complexity index is 999. The van der Waals surface area contributed by atoms with Gasteiger partial charge in [0.1, 0.15) is 4.90 Å². The summed E-state index contributed by atoms with van der Waals surface area (Å²) in [6.07, 6.45) is -4.48. The fourth-order valence-electron chi connectivity index (χ4n) is 2.97. The van der Waals surface area contributed by atoms with Gasteiger partial charge in [0.25, 0.3) is 5.91 Å². The highest BCUT2D eigenvalue weighted by molar-refractivity contribution is 7.89.